The minimum atomic E-state index is -0.395. The van der Waals surface area contributed by atoms with Crippen LogP contribution in [0.15, 0.2) is 22.9 Å². The molecule has 0 aromatic carbocycles. The third-order valence-corrected chi connectivity index (χ3v) is 4.92. The fraction of sp³-hybridized carbons (Fsp3) is 0.643. The number of anilines is 1. The van der Waals surface area contributed by atoms with Crippen molar-refractivity contribution in [2.45, 2.75) is 37.7 Å². The molecule has 4 heteroatoms. The van der Waals surface area contributed by atoms with Gasteiger partial charge in [-0.3, -0.25) is 4.98 Å². The van der Waals surface area contributed by atoms with Gasteiger partial charge in [0.2, 0.25) is 0 Å². The molecule has 0 radical (unpaired) electrons. The number of hydrogen-bond acceptors (Lipinski definition) is 3. The van der Waals surface area contributed by atoms with E-state index in [1.54, 1.807) is 0 Å². The normalized spacial score (nSPS) is 32.1. The SMILES string of the molecule is OC12CCCCC1CN(c1cncc(Br)c1)CC2. The van der Waals surface area contributed by atoms with Crippen LogP contribution in [0.3, 0.4) is 0 Å². The Morgan fingerprint density at radius 1 is 1.33 bits per heavy atom. The second-order valence-corrected chi connectivity index (χ2v) is 6.52. The van der Waals surface area contributed by atoms with Crippen LogP contribution in [-0.4, -0.2) is 28.8 Å². The first kappa shape index (κ1) is 12.4. The van der Waals surface area contributed by atoms with Crippen LogP contribution >= 0.6 is 15.9 Å². The van der Waals surface area contributed by atoms with Gasteiger partial charge < -0.3 is 10.0 Å². The molecule has 0 spiro atoms. The summed E-state index contributed by atoms with van der Waals surface area (Å²) in [6.07, 6.45) is 9.21. The van der Waals surface area contributed by atoms with Crippen molar-refractivity contribution in [3.05, 3.63) is 22.9 Å². The summed E-state index contributed by atoms with van der Waals surface area (Å²) in [4.78, 5) is 6.59. The Balaban J connectivity index is 1.77. The number of halogens is 1. The van der Waals surface area contributed by atoms with Crippen molar-refractivity contribution < 1.29 is 5.11 Å². The van der Waals surface area contributed by atoms with Crippen LogP contribution in [0.25, 0.3) is 0 Å². The molecule has 2 unspecified atom stereocenters. The van der Waals surface area contributed by atoms with E-state index >= 15 is 0 Å². The standard InChI is InChI=1S/C14H19BrN2O/c15-12-7-13(9-16-8-12)17-6-5-14(18)4-2-1-3-11(14)10-17/h7-9,11,18H,1-6,10H2. The zero-order chi connectivity index (χ0) is 12.6. The first-order chi connectivity index (χ1) is 8.67. The van der Waals surface area contributed by atoms with Gasteiger partial charge in [0.05, 0.1) is 17.5 Å². The zero-order valence-corrected chi connectivity index (χ0v) is 12.1. The second-order valence-electron chi connectivity index (χ2n) is 5.60. The third kappa shape index (κ3) is 2.28. The van der Waals surface area contributed by atoms with Gasteiger partial charge in [-0.1, -0.05) is 12.8 Å². The van der Waals surface area contributed by atoms with Crippen LogP contribution in [0.5, 0.6) is 0 Å². The Morgan fingerprint density at radius 2 is 2.22 bits per heavy atom. The lowest BCUT2D eigenvalue weighted by molar-refractivity contribution is -0.0612. The Kier molecular flexibility index (Phi) is 3.32. The summed E-state index contributed by atoms with van der Waals surface area (Å²) >= 11 is 3.47. The van der Waals surface area contributed by atoms with Crippen LogP contribution in [0, 0.1) is 5.92 Å². The van der Waals surface area contributed by atoms with Crippen molar-refractivity contribution in [2.24, 2.45) is 5.92 Å². The number of fused-ring (bicyclic) bond motifs is 1. The third-order valence-electron chi connectivity index (χ3n) is 4.48. The largest absolute Gasteiger partial charge is 0.389 e. The first-order valence-electron chi connectivity index (χ1n) is 6.75. The summed E-state index contributed by atoms with van der Waals surface area (Å²) in [5.41, 5.74) is 0.769. The fourth-order valence-corrected chi connectivity index (χ4v) is 3.73. The Bertz CT molecular complexity index is 440. The van der Waals surface area contributed by atoms with E-state index in [1.165, 1.54) is 12.8 Å². The maximum atomic E-state index is 10.7. The van der Waals surface area contributed by atoms with E-state index in [-0.39, 0.29) is 0 Å². The molecule has 1 aromatic rings. The minimum absolute atomic E-state index is 0.395. The number of nitrogens with zero attached hydrogens (tertiary/aromatic N) is 2. The molecule has 1 aliphatic carbocycles. The van der Waals surface area contributed by atoms with Gasteiger partial charge in [-0.05, 0) is 41.3 Å². The molecule has 1 N–H and O–H groups in total. The van der Waals surface area contributed by atoms with Crippen LogP contribution < -0.4 is 4.90 Å². The highest BCUT2D eigenvalue weighted by molar-refractivity contribution is 9.10. The van der Waals surface area contributed by atoms with E-state index in [9.17, 15) is 5.11 Å². The zero-order valence-electron chi connectivity index (χ0n) is 10.5. The molecule has 1 saturated heterocycles. The number of pyridine rings is 1. The van der Waals surface area contributed by atoms with Crippen LogP contribution in [0.2, 0.25) is 0 Å². The van der Waals surface area contributed by atoms with Gasteiger partial charge in [-0.2, -0.15) is 0 Å². The molecule has 0 bridgehead atoms. The highest BCUT2D eigenvalue weighted by Crippen LogP contribution is 2.40. The van der Waals surface area contributed by atoms with Crippen molar-refractivity contribution in [1.82, 2.24) is 4.98 Å². The summed E-state index contributed by atoms with van der Waals surface area (Å²) in [6, 6.07) is 2.11. The van der Waals surface area contributed by atoms with Crippen molar-refractivity contribution in [1.29, 1.82) is 0 Å². The van der Waals surface area contributed by atoms with Crippen molar-refractivity contribution in [3.63, 3.8) is 0 Å². The molecule has 1 aliphatic heterocycles. The van der Waals surface area contributed by atoms with Gasteiger partial charge in [0, 0.05) is 29.7 Å². The quantitative estimate of drug-likeness (QED) is 0.866. The lowest BCUT2D eigenvalue weighted by atomic mass is 9.71. The molecule has 2 atom stereocenters. The molecule has 3 rings (SSSR count). The van der Waals surface area contributed by atoms with Crippen molar-refractivity contribution in [2.75, 3.05) is 18.0 Å². The van der Waals surface area contributed by atoms with E-state index < -0.39 is 5.60 Å². The van der Waals surface area contributed by atoms with E-state index in [2.05, 4.69) is 31.9 Å². The van der Waals surface area contributed by atoms with Crippen LogP contribution in [-0.2, 0) is 0 Å². The van der Waals surface area contributed by atoms with Gasteiger partial charge in [-0.15, -0.1) is 0 Å². The summed E-state index contributed by atoms with van der Waals surface area (Å²) in [5, 5.41) is 10.7. The maximum absolute atomic E-state index is 10.7. The number of hydrogen-bond donors (Lipinski definition) is 1. The van der Waals surface area contributed by atoms with Crippen LogP contribution in [0.1, 0.15) is 32.1 Å². The highest BCUT2D eigenvalue weighted by Gasteiger charge is 2.42. The Morgan fingerprint density at radius 3 is 3.06 bits per heavy atom. The van der Waals surface area contributed by atoms with E-state index in [1.807, 2.05) is 12.4 Å². The summed E-state index contributed by atoms with van der Waals surface area (Å²) in [6.45, 7) is 1.90. The first-order valence-corrected chi connectivity index (χ1v) is 7.55. The predicted molar refractivity (Wildman–Crippen MR) is 75.7 cm³/mol. The van der Waals surface area contributed by atoms with Gasteiger partial charge in [0.15, 0.2) is 0 Å². The molecule has 2 aliphatic rings. The van der Waals surface area contributed by atoms with Crippen molar-refractivity contribution >= 4 is 21.6 Å². The Hall–Kier alpha value is -0.610. The fourth-order valence-electron chi connectivity index (χ4n) is 3.38. The number of rotatable bonds is 1. The smallest absolute Gasteiger partial charge is 0.0709 e. The maximum Gasteiger partial charge on any atom is 0.0709 e. The number of aromatic nitrogens is 1. The average molecular weight is 311 g/mol. The highest BCUT2D eigenvalue weighted by atomic mass is 79.9. The molecular weight excluding hydrogens is 292 g/mol. The van der Waals surface area contributed by atoms with Crippen LogP contribution in [0.4, 0.5) is 5.69 Å². The van der Waals surface area contributed by atoms with Gasteiger partial charge in [-0.25, -0.2) is 0 Å². The van der Waals surface area contributed by atoms with E-state index in [0.717, 1.165) is 42.5 Å². The van der Waals surface area contributed by atoms with Gasteiger partial charge >= 0.3 is 0 Å². The molecule has 2 heterocycles. The summed E-state index contributed by atoms with van der Waals surface area (Å²) in [7, 11) is 0. The van der Waals surface area contributed by atoms with E-state index in [0.29, 0.717) is 5.92 Å². The second kappa shape index (κ2) is 4.82. The molecular formula is C14H19BrN2O. The molecule has 2 fully saturated rings. The van der Waals surface area contributed by atoms with Gasteiger partial charge in [0.25, 0.3) is 0 Å². The predicted octanol–water partition coefficient (Wildman–Crippen LogP) is 2.98. The van der Waals surface area contributed by atoms with E-state index in [4.69, 9.17) is 0 Å². The summed E-state index contributed by atoms with van der Waals surface area (Å²) < 4.78 is 1.02. The molecule has 18 heavy (non-hydrogen) atoms. The molecule has 1 saturated carbocycles. The topological polar surface area (TPSA) is 36.4 Å². The average Bonchev–Trinajstić information content (AvgIpc) is 2.37. The number of aliphatic hydroxyl groups is 1. The van der Waals surface area contributed by atoms with Crippen molar-refractivity contribution in [3.8, 4) is 0 Å². The number of piperidine rings is 1. The lowest BCUT2D eigenvalue weighted by Gasteiger charge is -2.48. The Labute approximate surface area is 116 Å². The lowest BCUT2D eigenvalue weighted by Crippen LogP contribution is -2.53. The molecule has 0 amide bonds. The molecule has 98 valence electrons. The molecule has 3 nitrogen and oxygen atoms in total. The monoisotopic (exact) mass is 310 g/mol. The van der Waals surface area contributed by atoms with Gasteiger partial charge in [0.1, 0.15) is 0 Å². The summed E-state index contributed by atoms with van der Waals surface area (Å²) in [5.74, 6) is 0.430. The molecule has 1 aromatic heterocycles. The minimum Gasteiger partial charge on any atom is -0.389 e.